The zero-order valence-electron chi connectivity index (χ0n) is 10.5. The van der Waals surface area contributed by atoms with E-state index in [4.69, 9.17) is 10.3 Å². The first-order valence-electron chi connectivity index (χ1n) is 5.72. The molecule has 0 fully saturated rings. The number of halogens is 3. The molecular formula is C11H12F3N5O. The number of anilines is 2. The van der Waals surface area contributed by atoms with Gasteiger partial charge in [-0.05, 0) is 13.0 Å². The molecule has 9 heteroatoms. The topological polar surface area (TPSA) is 89.9 Å². The summed E-state index contributed by atoms with van der Waals surface area (Å²) in [5, 5.41) is 6.40. The molecule has 20 heavy (non-hydrogen) atoms. The molecule has 0 aliphatic rings. The molecule has 6 nitrogen and oxygen atoms in total. The number of hydrogen-bond acceptors (Lipinski definition) is 6. The van der Waals surface area contributed by atoms with E-state index in [-0.39, 0.29) is 11.4 Å². The Morgan fingerprint density at radius 3 is 2.75 bits per heavy atom. The summed E-state index contributed by atoms with van der Waals surface area (Å²) in [5.74, 6) is 0.904. The Labute approximate surface area is 112 Å². The Morgan fingerprint density at radius 1 is 1.40 bits per heavy atom. The largest absolute Gasteiger partial charge is 0.433 e. The van der Waals surface area contributed by atoms with E-state index < -0.39 is 11.9 Å². The quantitative estimate of drug-likeness (QED) is 0.894. The number of nitrogens with two attached hydrogens (primary N) is 1. The van der Waals surface area contributed by atoms with E-state index in [1.807, 2.05) is 0 Å². The maximum absolute atomic E-state index is 12.5. The highest BCUT2D eigenvalue weighted by molar-refractivity contribution is 5.65. The third kappa shape index (κ3) is 3.37. The van der Waals surface area contributed by atoms with Crippen LogP contribution in [0.1, 0.15) is 17.4 Å². The molecule has 2 heterocycles. The fraction of sp³-hybridized carbons (Fsp3) is 0.364. The third-order valence-electron chi connectivity index (χ3n) is 2.45. The van der Waals surface area contributed by atoms with Crippen molar-refractivity contribution in [3.63, 3.8) is 0 Å². The van der Waals surface area contributed by atoms with Crippen molar-refractivity contribution < 1.29 is 17.7 Å². The van der Waals surface area contributed by atoms with Gasteiger partial charge in [-0.3, -0.25) is 0 Å². The van der Waals surface area contributed by atoms with Crippen LogP contribution in [0.3, 0.4) is 0 Å². The van der Waals surface area contributed by atoms with Gasteiger partial charge in [-0.25, -0.2) is 4.98 Å². The lowest BCUT2D eigenvalue weighted by atomic mass is 10.2. The number of aromatic nitrogens is 3. The highest BCUT2D eigenvalue weighted by Gasteiger charge is 2.32. The summed E-state index contributed by atoms with van der Waals surface area (Å²) in [7, 11) is 0. The van der Waals surface area contributed by atoms with E-state index in [0.717, 1.165) is 12.3 Å². The van der Waals surface area contributed by atoms with Crippen LogP contribution in [0.5, 0.6) is 0 Å². The zero-order chi connectivity index (χ0) is 14.8. The van der Waals surface area contributed by atoms with Gasteiger partial charge in [-0.1, -0.05) is 5.16 Å². The second kappa shape index (κ2) is 5.35. The fourth-order valence-electron chi connectivity index (χ4n) is 1.52. The normalized spacial score (nSPS) is 11.6. The van der Waals surface area contributed by atoms with Gasteiger partial charge in [0.15, 0.2) is 5.82 Å². The van der Waals surface area contributed by atoms with Gasteiger partial charge >= 0.3 is 6.18 Å². The molecule has 2 rings (SSSR count). The SMILES string of the molecule is Cc1noc(CCNc2cc(C(F)(F)F)ncc2N)n1. The molecule has 2 aromatic rings. The van der Waals surface area contributed by atoms with Crippen molar-refractivity contribution in [1.82, 2.24) is 15.1 Å². The minimum atomic E-state index is -4.51. The van der Waals surface area contributed by atoms with Gasteiger partial charge < -0.3 is 15.6 Å². The van der Waals surface area contributed by atoms with E-state index in [2.05, 4.69) is 20.4 Å². The molecule has 2 aromatic heterocycles. The van der Waals surface area contributed by atoms with Gasteiger partial charge in [0.1, 0.15) is 5.69 Å². The third-order valence-corrected chi connectivity index (χ3v) is 2.45. The maximum Gasteiger partial charge on any atom is 0.433 e. The average molecular weight is 287 g/mol. The maximum atomic E-state index is 12.5. The number of nitrogens with one attached hydrogen (secondary N) is 1. The number of hydrogen-bond donors (Lipinski definition) is 2. The van der Waals surface area contributed by atoms with Crippen molar-refractivity contribution in [2.24, 2.45) is 0 Å². The predicted molar refractivity (Wildman–Crippen MR) is 64.9 cm³/mol. The Balaban J connectivity index is 2.02. The minimum Gasteiger partial charge on any atom is -0.396 e. The first-order chi connectivity index (χ1) is 9.36. The lowest BCUT2D eigenvalue weighted by Crippen LogP contribution is -2.12. The molecule has 0 bridgehead atoms. The summed E-state index contributed by atoms with van der Waals surface area (Å²) in [5.41, 5.74) is 4.88. The van der Waals surface area contributed by atoms with E-state index >= 15 is 0 Å². The second-order valence-corrected chi connectivity index (χ2v) is 4.07. The van der Waals surface area contributed by atoms with Crippen LogP contribution in [-0.2, 0) is 12.6 Å². The summed E-state index contributed by atoms with van der Waals surface area (Å²) in [6.07, 6.45) is -3.15. The van der Waals surface area contributed by atoms with Gasteiger partial charge in [0, 0.05) is 13.0 Å². The summed E-state index contributed by atoms with van der Waals surface area (Å²) >= 11 is 0. The van der Waals surface area contributed by atoms with Crippen molar-refractivity contribution in [3.05, 3.63) is 29.7 Å². The first kappa shape index (κ1) is 14.1. The lowest BCUT2D eigenvalue weighted by Gasteiger charge is -2.11. The highest BCUT2D eigenvalue weighted by atomic mass is 19.4. The number of pyridine rings is 1. The molecule has 0 unspecified atom stereocenters. The van der Waals surface area contributed by atoms with Crippen molar-refractivity contribution >= 4 is 11.4 Å². The predicted octanol–water partition coefficient (Wildman–Crippen LogP) is 2.03. The molecule has 0 atom stereocenters. The first-order valence-corrected chi connectivity index (χ1v) is 5.72. The molecule has 0 spiro atoms. The number of aryl methyl sites for hydroxylation is 1. The zero-order valence-corrected chi connectivity index (χ0v) is 10.5. The molecule has 0 aliphatic carbocycles. The lowest BCUT2D eigenvalue weighted by molar-refractivity contribution is -0.141. The monoisotopic (exact) mass is 287 g/mol. The summed E-state index contributed by atoms with van der Waals surface area (Å²) in [6, 6.07) is 0.869. The smallest absolute Gasteiger partial charge is 0.396 e. The van der Waals surface area contributed by atoms with Crippen molar-refractivity contribution in [2.45, 2.75) is 19.5 Å². The van der Waals surface area contributed by atoms with Crippen LogP contribution in [0, 0.1) is 6.92 Å². The Kier molecular flexibility index (Phi) is 3.77. The fourth-order valence-corrected chi connectivity index (χ4v) is 1.52. The van der Waals surface area contributed by atoms with Crippen LogP contribution in [-0.4, -0.2) is 21.7 Å². The van der Waals surface area contributed by atoms with Crippen LogP contribution < -0.4 is 11.1 Å². The molecule has 0 aromatic carbocycles. The molecule has 0 saturated heterocycles. The molecule has 3 N–H and O–H groups in total. The van der Waals surface area contributed by atoms with Gasteiger partial charge in [-0.15, -0.1) is 0 Å². The van der Waals surface area contributed by atoms with E-state index in [9.17, 15) is 13.2 Å². The van der Waals surface area contributed by atoms with E-state index in [1.165, 1.54) is 0 Å². The minimum absolute atomic E-state index is 0.139. The van der Waals surface area contributed by atoms with Crippen LogP contribution in [0.25, 0.3) is 0 Å². The van der Waals surface area contributed by atoms with Crippen molar-refractivity contribution in [1.29, 1.82) is 0 Å². The highest BCUT2D eigenvalue weighted by Crippen LogP contribution is 2.30. The Morgan fingerprint density at radius 2 is 2.15 bits per heavy atom. The van der Waals surface area contributed by atoms with Gasteiger partial charge in [0.05, 0.1) is 17.6 Å². The van der Waals surface area contributed by atoms with Crippen molar-refractivity contribution in [3.8, 4) is 0 Å². The van der Waals surface area contributed by atoms with E-state index in [1.54, 1.807) is 6.92 Å². The van der Waals surface area contributed by atoms with Crippen molar-refractivity contribution in [2.75, 3.05) is 17.6 Å². The van der Waals surface area contributed by atoms with Crippen LogP contribution >= 0.6 is 0 Å². The Bertz CT molecular complexity index is 596. The molecule has 0 aliphatic heterocycles. The Hall–Kier alpha value is -2.32. The molecule has 0 amide bonds. The van der Waals surface area contributed by atoms with Gasteiger partial charge in [-0.2, -0.15) is 18.2 Å². The van der Waals surface area contributed by atoms with Gasteiger partial charge in [0.2, 0.25) is 5.89 Å². The van der Waals surface area contributed by atoms with Crippen LogP contribution in [0.4, 0.5) is 24.5 Å². The molecule has 108 valence electrons. The average Bonchev–Trinajstić information content (AvgIpc) is 2.76. The standard InChI is InChI=1S/C11H12F3N5O/c1-6-18-10(20-19-6)2-3-16-8-4-9(11(12,13)14)17-5-7(8)15/h4-5H,2-3,15H2,1H3,(H,16,17). The van der Waals surface area contributed by atoms with Crippen LogP contribution in [0.15, 0.2) is 16.8 Å². The second-order valence-electron chi connectivity index (χ2n) is 4.07. The number of rotatable bonds is 4. The number of nitrogens with zero attached hydrogens (tertiary/aromatic N) is 3. The van der Waals surface area contributed by atoms with Crippen LogP contribution in [0.2, 0.25) is 0 Å². The number of nitrogen functional groups attached to an aromatic ring is 1. The summed E-state index contributed by atoms with van der Waals surface area (Å²) in [4.78, 5) is 7.23. The molecule has 0 radical (unpaired) electrons. The van der Waals surface area contributed by atoms with Gasteiger partial charge in [0.25, 0.3) is 0 Å². The summed E-state index contributed by atoms with van der Waals surface area (Å²) in [6.45, 7) is 1.99. The van der Waals surface area contributed by atoms with E-state index in [0.29, 0.717) is 24.7 Å². The number of alkyl halides is 3. The molecular weight excluding hydrogens is 275 g/mol. The molecule has 0 saturated carbocycles. The summed E-state index contributed by atoms with van der Waals surface area (Å²) < 4.78 is 42.5.